The Morgan fingerprint density at radius 2 is 1.75 bits per heavy atom. The van der Waals surface area contributed by atoms with Crippen LogP contribution >= 0.6 is 11.6 Å². The molecule has 3 aromatic carbocycles. The largest absolute Gasteiger partial charge is 0.355 e. The van der Waals surface area contributed by atoms with E-state index in [0.717, 1.165) is 22.3 Å². The van der Waals surface area contributed by atoms with Gasteiger partial charge in [-0.15, -0.1) is 10.2 Å². The maximum absolute atomic E-state index is 12.9. The van der Waals surface area contributed by atoms with Gasteiger partial charge in [0.1, 0.15) is 11.8 Å². The molecule has 0 bridgehead atoms. The summed E-state index contributed by atoms with van der Waals surface area (Å²) in [6, 6.07) is 20.0. The van der Waals surface area contributed by atoms with Crippen LogP contribution in [-0.2, 0) is 0 Å². The molecule has 1 amide bonds. The molecule has 1 N–H and O–H groups in total. The van der Waals surface area contributed by atoms with E-state index in [1.165, 1.54) is 11.0 Å². The standard InChI is InChI=1S/C24H16ClN9O2/c1-14-22(24(35)27-17-6-8-18(9-7-17)33-13-26-30-32-33)28-31-34(14)19-10-11-21-20(12-19)23(36-29-21)15-2-4-16(25)5-3-15/h2-13H,1H3,(H,27,35). The molecule has 3 heterocycles. The zero-order valence-corrected chi connectivity index (χ0v) is 19.5. The van der Waals surface area contributed by atoms with E-state index in [1.54, 1.807) is 48.0 Å². The van der Waals surface area contributed by atoms with Gasteiger partial charge in [-0.2, -0.15) is 0 Å². The van der Waals surface area contributed by atoms with Crippen LogP contribution in [-0.4, -0.2) is 46.3 Å². The van der Waals surface area contributed by atoms with Crippen molar-refractivity contribution in [2.45, 2.75) is 6.92 Å². The Hall–Kier alpha value is -4.90. The molecule has 0 aliphatic carbocycles. The predicted octanol–water partition coefficient (Wildman–Crippen LogP) is 4.27. The van der Waals surface area contributed by atoms with Crippen LogP contribution in [0.4, 0.5) is 5.69 Å². The Kier molecular flexibility index (Phi) is 5.23. The number of anilines is 1. The average Bonchev–Trinajstić information content (AvgIpc) is 3.65. The minimum atomic E-state index is -0.373. The van der Waals surface area contributed by atoms with E-state index < -0.39 is 0 Å². The Morgan fingerprint density at radius 1 is 0.972 bits per heavy atom. The Labute approximate surface area is 208 Å². The van der Waals surface area contributed by atoms with Crippen molar-refractivity contribution in [1.29, 1.82) is 0 Å². The summed E-state index contributed by atoms with van der Waals surface area (Å²) < 4.78 is 8.71. The van der Waals surface area contributed by atoms with E-state index in [0.29, 0.717) is 27.7 Å². The molecule has 176 valence electrons. The van der Waals surface area contributed by atoms with Gasteiger partial charge in [0.15, 0.2) is 11.5 Å². The maximum Gasteiger partial charge on any atom is 0.278 e. The van der Waals surface area contributed by atoms with Crippen molar-refractivity contribution < 1.29 is 9.32 Å². The Bertz CT molecular complexity index is 1690. The lowest BCUT2D eigenvalue weighted by Crippen LogP contribution is -2.14. The molecule has 0 saturated carbocycles. The molecule has 0 aliphatic rings. The Morgan fingerprint density at radius 3 is 2.50 bits per heavy atom. The number of aromatic nitrogens is 8. The molecule has 0 unspecified atom stereocenters. The van der Waals surface area contributed by atoms with Gasteiger partial charge in [-0.05, 0) is 84.1 Å². The van der Waals surface area contributed by atoms with E-state index in [1.807, 2.05) is 30.3 Å². The van der Waals surface area contributed by atoms with Gasteiger partial charge in [0.05, 0.1) is 22.5 Å². The number of amides is 1. The van der Waals surface area contributed by atoms with Gasteiger partial charge in [0.25, 0.3) is 5.91 Å². The molecule has 0 spiro atoms. The maximum atomic E-state index is 12.9. The quantitative estimate of drug-likeness (QED) is 0.374. The summed E-state index contributed by atoms with van der Waals surface area (Å²) in [7, 11) is 0. The fourth-order valence-electron chi connectivity index (χ4n) is 3.82. The highest BCUT2D eigenvalue weighted by Gasteiger charge is 2.19. The van der Waals surface area contributed by atoms with E-state index in [4.69, 9.17) is 16.1 Å². The van der Waals surface area contributed by atoms with Gasteiger partial charge in [-0.1, -0.05) is 22.0 Å². The number of tetrazole rings is 1. The lowest BCUT2D eigenvalue weighted by molar-refractivity contribution is 0.102. The zero-order valence-electron chi connectivity index (χ0n) is 18.7. The van der Waals surface area contributed by atoms with Crippen molar-refractivity contribution in [1.82, 2.24) is 40.4 Å². The second-order valence-electron chi connectivity index (χ2n) is 7.91. The first kappa shape index (κ1) is 21.6. The number of nitrogens with zero attached hydrogens (tertiary/aromatic N) is 8. The molecule has 0 fully saturated rings. The van der Waals surface area contributed by atoms with Crippen LogP contribution in [0, 0.1) is 6.92 Å². The first-order chi connectivity index (χ1) is 17.6. The molecule has 11 nitrogen and oxygen atoms in total. The molecular weight excluding hydrogens is 482 g/mol. The number of hydrogen-bond acceptors (Lipinski definition) is 8. The van der Waals surface area contributed by atoms with Gasteiger partial charge in [-0.25, -0.2) is 9.36 Å². The molecule has 0 atom stereocenters. The van der Waals surface area contributed by atoms with Crippen LogP contribution < -0.4 is 5.32 Å². The SMILES string of the molecule is Cc1c(C(=O)Nc2ccc(-n3cnnn3)cc2)nnn1-c1ccc2noc(-c3ccc(Cl)cc3)c2c1. The normalized spacial score (nSPS) is 11.2. The fraction of sp³-hybridized carbons (Fsp3) is 0.0417. The number of halogens is 1. The molecule has 6 aromatic rings. The van der Waals surface area contributed by atoms with Crippen LogP contribution in [0.3, 0.4) is 0 Å². The smallest absolute Gasteiger partial charge is 0.278 e. The van der Waals surface area contributed by atoms with E-state index in [9.17, 15) is 4.79 Å². The minimum absolute atomic E-state index is 0.211. The molecule has 0 aliphatic heterocycles. The average molecular weight is 498 g/mol. The highest BCUT2D eigenvalue weighted by atomic mass is 35.5. The highest BCUT2D eigenvalue weighted by Crippen LogP contribution is 2.31. The second-order valence-corrected chi connectivity index (χ2v) is 8.35. The van der Waals surface area contributed by atoms with Crippen LogP contribution in [0.5, 0.6) is 0 Å². The fourth-order valence-corrected chi connectivity index (χ4v) is 3.95. The summed E-state index contributed by atoms with van der Waals surface area (Å²) >= 11 is 6.02. The topological polar surface area (TPSA) is 129 Å². The Balaban J connectivity index is 1.27. The summed E-state index contributed by atoms with van der Waals surface area (Å²) in [6.45, 7) is 1.79. The van der Waals surface area contributed by atoms with Crippen molar-refractivity contribution in [2.75, 3.05) is 5.32 Å². The van der Waals surface area contributed by atoms with Crippen molar-refractivity contribution in [3.8, 4) is 22.7 Å². The van der Waals surface area contributed by atoms with Crippen molar-refractivity contribution >= 4 is 34.1 Å². The first-order valence-corrected chi connectivity index (χ1v) is 11.2. The van der Waals surface area contributed by atoms with E-state index >= 15 is 0 Å². The molecule has 0 saturated heterocycles. The van der Waals surface area contributed by atoms with Crippen LogP contribution in [0.2, 0.25) is 5.02 Å². The number of rotatable bonds is 5. The number of hydrogen-bond donors (Lipinski definition) is 1. The summed E-state index contributed by atoms with van der Waals surface area (Å²) in [5, 5.41) is 27.8. The van der Waals surface area contributed by atoms with E-state index in [2.05, 4.69) is 36.3 Å². The van der Waals surface area contributed by atoms with Crippen LogP contribution in [0.1, 0.15) is 16.2 Å². The summed E-state index contributed by atoms with van der Waals surface area (Å²) in [4.78, 5) is 12.9. The second kappa shape index (κ2) is 8.71. The van der Waals surface area contributed by atoms with E-state index in [-0.39, 0.29) is 11.6 Å². The lowest BCUT2D eigenvalue weighted by atomic mass is 10.1. The molecule has 36 heavy (non-hydrogen) atoms. The highest BCUT2D eigenvalue weighted by molar-refractivity contribution is 6.30. The molecular formula is C24H16ClN9O2. The van der Waals surface area contributed by atoms with Crippen molar-refractivity contribution in [3.05, 3.63) is 89.5 Å². The molecule has 12 heteroatoms. The van der Waals surface area contributed by atoms with Crippen LogP contribution in [0.15, 0.2) is 77.6 Å². The summed E-state index contributed by atoms with van der Waals surface area (Å²) in [6.07, 6.45) is 1.49. The third kappa shape index (κ3) is 3.87. The summed E-state index contributed by atoms with van der Waals surface area (Å²) in [5.74, 6) is 0.242. The molecule has 3 aromatic heterocycles. The van der Waals surface area contributed by atoms with Gasteiger partial charge in [0, 0.05) is 16.3 Å². The third-order valence-corrected chi connectivity index (χ3v) is 5.91. The minimum Gasteiger partial charge on any atom is -0.355 e. The third-order valence-electron chi connectivity index (χ3n) is 5.66. The molecule has 0 radical (unpaired) electrons. The number of nitrogens with one attached hydrogen (secondary N) is 1. The van der Waals surface area contributed by atoms with Gasteiger partial charge >= 0.3 is 0 Å². The van der Waals surface area contributed by atoms with Crippen molar-refractivity contribution in [2.24, 2.45) is 0 Å². The lowest BCUT2D eigenvalue weighted by Gasteiger charge is -2.06. The van der Waals surface area contributed by atoms with Gasteiger partial charge in [0.2, 0.25) is 0 Å². The monoisotopic (exact) mass is 497 g/mol. The predicted molar refractivity (Wildman–Crippen MR) is 131 cm³/mol. The summed E-state index contributed by atoms with van der Waals surface area (Å²) in [5.41, 5.74) is 4.43. The zero-order chi connectivity index (χ0) is 24.6. The molecule has 6 rings (SSSR count). The van der Waals surface area contributed by atoms with Crippen molar-refractivity contribution in [3.63, 3.8) is 0 Å². The first-order valence-electron chi connectivity index (χ1n) is 10.8. The number of carbonyl (C=O) groups excluding carboxylic acids is 1. The van der Waals surface area contributed by atoms with Gasteiger partial charge in [-0.3, -0.25) is 4.79 Å². The number of benzene rings is 3. The number of fused-ring (bicyclic) bond motifs is 1. The number of carbonyl (C=O) groups is 1. The van der Waals surface area contributed by atoms with Crippen LogP contribution in [0.25, 0.3) is 33.6 Å². The van der Waals surface area contributed by atoms with Gasteiger partial charge < -0.3 is 9.84 Å².